The van der Waals surface area contributed by atoms with E-state index in [1.54, 1.807) is 48.9 Å². The van der Waals surface area contributed by atoms with Gasteiger partial charge in [-0.2, -0.15) is 0 Å². The smallest absolute Gasteiger partial charge is 0.251 e. The van der Waals surface area contributed by atoms with E-state index in [0.717, 1.165) is 28.9 Å². The maximum atomic E-state index is 13.6. The van der Waals surface area contributed by atoms with Gasteiger partial charge in [0, 0.05) is 48.5 Å². The van der Waals surface area contributed by atoms with Crippen molar-refractivity contribution in [3.05, 3.63) is 118 Å². The number of rotatable bonds is 7. The Hall–Kier alpha value is -4.24. The summed E-state index contributed by atoms with van der Waals surface area (Å²) < 4.78 is 40.6. The molecule has 2 N–H and O–H groups in total. The van der Waals surface area contributed by atoms with Gasteiger partial charge in [-0.25, -0.2) is 18.2 Å². The van der Waals surface area contributed by atoms with Crippen LogP contribution in [0.4, 0.5) is 24.7 Å². The lowest BCUT2D eigenvalue weighted by Gasteiger charge is -2.19. The number of amides is 1. The van der Waals surface area contributed by atoms with Crippen molar-refractivity contribution in [2.45, 2.75) is 18.9 Å². The van der Waals surface area contributed by atoms with Crippen LogP contribution < -0.4 is 10.2 Å². The molecule has 1 atom stereocenters. The molecular weight excluding hydrogens is 481 g/mol. The minimum absolute atomic E-state index is 0.0477. The predicted molar refractivity (Wildman–Crippen MR) is 132 cm³/mol. The maximum absolute atomic E-state index is 13.6. The van der Waals surface area contributed by atoms with Gasteiger partial charge in [0.1, 0.15) is 5.82 Å². The average Bonchev–Trinajstić information content (AvgIpc) is 3.35. The van der Waals surface area contributed by atoms with E-state index in [9.17, 15) is 23.1 Å². The van der Waals surface area contributed by atoms with E-state index in [1.807, 2.05) is 17.0 Å². The van der Waals surface area contributed by atoms with Crippen LogP contribution in [0.3, 0.4) is 0 Å². The Balaban J connectivity index is 1.33. The highest BCUT2D eigenvalue weighted by molar-refractivity contribution is 5.98. The van der Waals surface area contributed by atoms with Gasteiger partial charge in [-0.15, -0.1) is 0 Å². The van der Waals surface area contributed by atoms with Crippen LogP contribution >= 0.6 is 0 Å². The summed E-state index contributed by atoms with van der Waals surface area (Å²) in [4.78, 5) is 23.4. The first-order valence-electron chi connectivity index (χ1n) is 11.7. The van der Waals surface area contributed by atoms with Gasteiger partial charge < -0.3 is 15.3 Å². The molecular formula is C28H23F3N4O2. The van der Waals surface area contributed by atoms with Gasteiger partial charge in [-0.3, -0.25) is 9.78 Å². The van der Waals surface area contributed by atoms with Crippen LogP contribution in [0.25, 0.3) is 0 Å². The molecule has 9 heteroatoms. The number of carbonyl (C=O) groups is 1. The highest BCUT2D eigenvalue weighted by atomic mass is 19.2. The second-order valence-corrected chi connectivity index (χ2v) is 8.79. The average molecular weight is 505 g/mol. The molecule has 2 aromatic carbocycles. The molecule has 6 nitrogen and oxygen atoms in total. The van der Waals surface area contributed by atoms with Crippen molar-refractivity contribution >= 4 is 17.4 Å². The standard InChI is InChI=1S/C28H23F3N4O2/c29-22-12-18(13-23(30)27(22)31)11-17-6-9-33-26(14-17)35-10-7-20-21(4-1-5-24(20)35)28(37)34-16-25(36)19-3-2-8-32-15-19/h1-6,8-9,12-15,25,36H,7,10-11,16H2,(H,34,37). The Morgan fingerprint density at radius 1 is 1.03 bits per heavy atom. The van der Waals surface area contributed by atoms with Crippen LogP contribution in [0.5, 0.6) is 0 Å². The number of carbonyl (C=O) groups excluding carboxylic acids is 1. The lowest BCUT2D eigenvalue weighted by Crippen LogP contribution is -2.29. The molecule has 1 amide bonds. The molecule has 0 radical (unpaired) electrons. The molecule has 37 heavy (non-hydrogen) atoms. The summed E-state index contributed by atoms with van der Waals surface area (Å²) >= 11 is 0. The number of halogens is 3. The molecule has 1 aliphatic heterocycles. The Morgan fingerprint density at radius 3 is 2.59 bits per heavy atom. The Bertz CT molecular complexity index is 1430. The topological polar surface area (TPSA) is 78.3 Å². The highest BCUT2D eigenvalue weighted by Crippen LogP contribution is 2.36. The zero-order chi connectivity index (χ0) is 25.9. The molecule has 4 aromatic rings. The molecule has 0 fully saturated rings. The van der Waals surface area contributed by atoms with Crippen molar-refractivity contribution in [3.63, 3.8) is 0 Å². The number of pyridine rings is 2. The highest BCUT2D eigenvalue weighted by Gasteiger charge is 2.26. The molecule has 3 heterocycles. The molecule has 0 aliphatic carbocycles. The summed E-state index contributed by atoms with van der Waals surface area (Å²) in [6.45, 7) is 0.639. The molecule has 0 saturated carbocycles. The van der Waals surface area contributed by atoms with Crippen LogP contribution in [0.1, 0.15) is 38.7 Å². The van der Waals surface area contributed by atoms with E-state index in [1.165, 1.54) is 0 Å². The third-order valence-electron chi connectivity index (χ3n) is 6.34. The van der Waals surface area contributed by atoms with E-state index in [2.05, 4.69) is 15.3 Å². The van der Waals surface area contributed by atoms with Crippen molar-refractivity contribution < 1.29 is 23.1 Å². The van der Waals surface area contributed by atoms with Gasteiger partial charge >= 0.3 is 0 Å². The van der Waals surface area contributed by atoms with Gasteiger partial charge in [-0.05, 0) is 72.0 Å². The number of nitrogens with zero attached hydrogens (tertiary/aromatic N) is 3. The molecule has 1 aliphatic rings. The number of fused-ring (bicyclic) bond motifs is 1. The van der Waals surface area contributed by atoms with E-state index in [4.69, 9.17) is 0 Å². The molecule has 1 unspecified atom stereocenters. The molecule has 0 saturated heterocycles. The molecule has 2 aromatic heterocycles. The Labute approximate surface area is 211 Å². The minimum Gasteiger partial charge on any atom is -0.387 e. The van der Waals surface area contributed by atoms with Crippen molar-refractivity contribution in [1.82, 2.24) is 15.3 Å². The summed E-state index contributed by atoms with van der Waals surface area (Å²) in [7, 11) is 0. The molecule has 0 spiro atoms. The summed E-state index contributed by atoms with van der Waals surface area (Å²) in [6.07, 6.45) is 4.71. The first kappa shape index (κ1) is 24.5. The fraction of sp³-hybridized carbons (Fsp3) is 0.179. The number of aromatic nitrogens is 2. The van der Waals surface area contributed by atoms with Gasteiger partial charge in [0.25, 0.3) is 5.91 Å². The van der Waals surface area contributed by atoms with Crippen molar-refractivity contribution in [2.75, 3.05) is 18.0 Å². The SMILES string of the molecule is O=C(NCC(O)c1cccnc1)c1cccc2c1CCN2c1cc(Cc2cc(F)c(F)c(F)c2)ccn1. The number of hydrogen-bond donors (Lipinski definition) is 2. The summed E-state index contributed by atoms with van der Waals surface area (Å²) in [5.41, 5.74) is 3.90. The van der Waals surface area contributed by atoms with Crippen LogP contribution in [0, 0.1) is 17.5 Å². The number of nitrogens with one attached hydrogen (secondary N) is 1. The fourth-order valence-electron chi connectivity index (χ4n) is 4.52. The van der Waals surface area contributed by atoms with Gasteiger partial charge in [0.2, 0.25) is 0 Å². The summed E-state index contributed by atoms with van der Waals surface area (Å²) in [5, 5.41) is 13.1. The molecule has 0 bridgehead atoms. The molecule has 188 valence electrons. The largest absolute Gasteiger partial charge is 0.387 e. The quantitative estimate of drug-likeness (QED) is 0.359. The number of benzene rings is 2. The van der Waals surface area contributed by atoms with Crippen molar-refractivity contribution in [1.29, 1.82) is 0 Å². The van der Waals surface area contributed by atoms with E-state index in [0.29, 0.717) is 35.5 Å². The van der Waals surface area contributed by atoms with E-state index < -0.39 is 23.6 Å². The van der Waals surface area contributed by atoms with Crippen LogP contribution in [-0.4, -0.2) is 34.1 Å². The number of aliphatic hydroxyl groups is 1. The van der Waals surface area contributed by atoms with Gasteiger partial charge in [0.15, 0.2) is 17.5 Å². The van der Waals surface area contributed by atoms with Crippen LogP contribution in [-0.2, 0) is 12.8 Å². The first-order valence-corrected chi connectivity index (χ1v) is 11.7. The normalized spacial score (nSPS) is 13.4. The third kappa shape index (κ3) is 5.17. The third-order valence-corrected chi connectivity index (χ3v) is 6.34. The number of hydrogen-bond acceptors (Lipinski definition) is 5. The second kappa shape index (κ2) is 10.4. The predicted octanol–water partition coefficient (Wildman–Crippen LogP) is 4.64. The molecule has 5 rings (SSSR count). The Kier molecular flexibility index (Phi) is 6.87. The lowest BCUT2D eigenvalue weighted by molar-refractivity contribution is 0.0915. The van der Waals surface area contributed by atoms with E-state index >= 15 is 0 Å². The zero-order valence-electron chi connectivity index (χ0n) is 19.7. The maximum Gasteiger partial charge on any atom is 0.251 e. The summed E-state index contributed by atoms with van der Waals surface area (Å²) in [6, 6.07) is 14.4. The lowest BCUT2D eigenvalue weighted by atomic mass is 10.0. The van der Waals surface area contributed by atoms with E-state index in [-0.39, 0.29) is 18.9 Å². The Morgan fingerprint density at radius 2 is 1.84 bits per heavy atom. The zero-order valence-corrected chi connectivity index (χ0v) is 19.7. The van der Waals surface area contributed by atoms with Gasteiger partial charge in [-0.1, -0.05) is 12.1 Å². The monoisotopic (exact) mass is 504 g/mol. The second-order valence-electron chi connectivity index (χ2n) is 8.79. The summed E-state index contributed by atoms with van der Waals surface area (Å²) in [5.74, 6) is -3.60. The van der Waals surface area contributed by atoms with Gasteiger partial charge in [0.05, 0.1) is 6.10 Å². The first-order chi connectivity index (χ1) is 17.9. The number of anilines is 2. The fourth-order valence-corrected chi connectivity index (χ4v) is 4.52. The van der Waals surface area contributed by atoms with Crippen LogP contribution in [0.15, 0.2) is 73.2 Å². The van der Waals surface area contributed by atoms with Crippen molar-refractivity contribution in [3.8, 4) is 0 Å². The van der Waals surface area contributed by atoms with Crippen molar-refractivity contribution in [2.24, 2.45) is 0 Å². The minimum atomic E-state index is -1.49. The van der Waals surface area contributed by atoms with Crippen LogP contribution in [0.2, 0.25) is 0 Å². The number of aliphatic hydroxyl groups excluding tert-OH is 1.